The second-order valence-electron chi connectivity index (χ2n) is 6.42. The van der Waals surface area contributed by atoms with Crippen LogP contribution < -0.4 is 5.73 Å². The molecule has 4 heteroatoms. The zero-order valence-electron chi connectivity index (χ0n) is 13.4. The fourth-order valence-electron chi connectivity index (χ4n) is 2.97. The highest BCUT2D eigenvalue weighted by Gasteiger charge is 2.27. The molecule has 0 bridgehead atoms. The number of nitrogens with zero attached hydrogens (tertiary/aromatic N) is 2. The minimum atomic E-state index is -0.531. The Morgan fingerprint density at radius 2 is 1.86 bits per heavy atom. The van der Waals surface area contributed by atoms with Gasteiger partial charge in [-0.3, -0.25) is 4.79 Å². The van der Waals surface area contributed by atoms with Crippen LogP contribution in [-0.2, 0) is 4.79 Å². The molecular weight excluding hydrogens is 262 g/mol. The first kappa shape index (κ1) is 16.0. The number of likely N-dealkylation sites (tertiary alicyclic amines) is 1. The average molecular weight is 289 g/mol. The summed E-state index contributed by atoms with van der Waals surface area (Å²) in [5, 5.41) is 0. The van der Waals surface area contributed by atoms with Gasteiger partial charge in [-0.25, -0.2) is 0 Å². The highest BCUT2D eigenvalue weighted by molar-refractivity contribution is 5.83. The van der Waals surface area contributed by atoms with Crippen molar-refractivity contribution >= 4 is 5.91 Å². The maximum absolute atomic E-state index is 12.5. The standard InChI is InChI=1S/C17H27N3O/c1-13-4-6-15(7-5-13)16(18)17(21)20-10-8-14(9-11-20)12-19(2)3/h4-7,14,16H,8-12,18H2,1-3H3. The van der Waals surface area contributed by atoms with E-state index in [-0.39, 0.29) is 5.91 Å². The molecule has 1 aliphatic rings. The van der Waals surface area contributed by atoms with Gasteiger partial charge < -0.3 is 15.5 Å². The molecule has 0 aromatic heterocycles. The van der Waals surface area contributed by atoms with Gasteiger partial charge in [-0.05, 0) is 45.3 Å². The first-order valence-corrected chi connectivity index (χ1v) is 7.73. The molecule has 0 saturated carbocycles. The lowest BCUT2D eigenvalue weighted by atomic mass is 9.95. The van der Waals surface area contributed by atoms with Crippen LogP contribution >= 0.6 is 0 Å². The van der Waals surface area contributed by atoms with Crippen LogP contribution in [0.5, 0.6) is 0 Å². The quantitative estimate of drug-likeness (QED) is 0.919. The summed E-state index contributed by atoms with van der Waals surface area (Å²) in [5.41, 5.74) is 8.22. The van der Waals surface area contributed by atoms with Gasteiger partial charge in [-0.1, -0.05) is 29.8 Å². The van der Waals surface area contributed by atoms with Crippen molar-refractivity contribution in [1.82, 2.24) is 9.80 Å². The minimum absolute atomic E-state index is 0.0576. The van der Waals surface area contributed by atoms with Crippen LogP contribution in [-0.4, -0.2) is 49.4 Å². The summed E-state index contributed by atoms with van der Waals surface area (Å²) in [5.74, 6) is 0.752. The normalized spacial score (nSPS) is 18.0. The van der Waals surface area contributed by atoms with Gasteiger partial charge in [0, 0.05) is 19.6 Å². The van der Waals surface area contributed by atoms with Gasteiger partial charge in [-0.15, -0.1) is 0 Å². The topological polar surface area (TPSA) is 49.6 Å². The molecule has 1 amide bonds. The Hall–Kier alpha value is -1.39. The first-order valence-electron chi connectivity index (χ1n) is 7.73. The van der Waals surface area contributed by atoms with Crippen LogP contribution in [0.2, 0.25) is 0 Å². The van der Waals surface area contributed by atoms with Crippen molar-refractivity contribution in [2.45, 2.75) is 25.8 Å². The summed E-state index contributed by atoms with van der Waals surface area (Å²) < 4.78 is 0. The number of nitrogens with two attached hydrogens (primary N) is 1. The highest BCUT2D eigenvalue weighted by atomic mass is 16.2. The van der Waals surface area contributed by atoms with Gasteiger partial charge in [-0.2, -0.15) is 0 Å². The molecule has 1 heterocycles. The van der Waals surface area contributed by atoms with Crippen LogP contribution in [0, 0.1) is 12.8 Å². The van der Waals surface area contributed by atoms with Gasteiger partial charge in [0.2, 0.25) is 5.91 Å². The summed E-state index contributed by atoms with van der Waals surface area (Å²) >= 11 is 0. The number of hydrogen-bond donors (Lipinski definition) is 1. The van der Waals surface area contributed by atoms with E-state index in [4.69, 9.17) is 5.73 Å². The molecule has 1 saturated heterocycles. The summed E-state index contributed by atoms with van der Waals surface area (Å²) in [6.45, 7) is 4.80. The van der Waals surface area contributed by atoms with Gasteiger partial charge >= 0.3 is 0 Å². The van der Waals surface area contributed by atoms with E-state index < -0.39 is 6.04 Å². The van der Waals surface area contributed by atoms with Crippen molar-refractivity contribution in [3.8, 4) is 0 Å². The monoisotopic (exact) mass is 289 g/mol. The molecule has 1 unspecified atom stereocenters. The lowest BCUT2D eigenvalue weighted by molar-refractivity contribution is -0.134. The van der Waals surface area contributed by atoms with Crippen LogP contribution in [0.15, 0.2) is 24.3 Å². The first-order chi connectivity index (χ1) is 9.97. The predicted octanol–water partition coefficient (Wildman–Crippen LogP) is 1.80. The second kappa shape index (κ2) is 7.05. The van der Waals surface area contributed by atoms with Crippen molar-refractivity contribution < 1.29 is 4.79 Å². The third-order valence-corrected chi connectivity index (χ3v) is 4.25. The van der Waals surface area contributed by atoms with Gasteiger partial charge in [0.15, 0.2) is 0 Å². The van der Waals surface area contributed by atoms with Gasteiger partial charge in [0.25, 0.3) is 0 Å². The second-order valence-corrected chi connectivity index (χ2v) is 6.42. The number of carbonyl (C=O) groups excluding carboxylic acids is 1. The number of rotatable bonds is 4. The number of piperidine rings is 1. The maximum atomic E-state index is 12.5. The molecular formula is C17H27N3O. The summed E-state index contributed by atoms with van der Waals surface area (Å²) in [6, 6.07) is 7.39. The smallest absolute Gasteiger partial charge is 0.244 e. The van der Waals surface area contributed by atoms with E-state index in [1.165, 1.54) is 5.56 Å². The number of carbonyl (C=O) groups is 1. The molecule has 1 aliphatic heterocycles. The average Bonchev–Trinajstić information content (AvgIpc) is 2.47. The van der Waals surface area contributed by atoms with E-state index in [0.717, 1.165) is 38.0 Å². The Morgan fingerprint density at radius 3 is 2.38 bits per heavy atom. The molecule has 116 valence electrons. The largest absolute Gasteiger partial charge is 0.341 e. The highest BCUT2D eigenvalue weighted by Crippen LogP contribution is 2.21. The maximum Gasteiger partial charge on any atom is 0.244 e. The molecule has 1 atom stereocenters. The molecule has 0 aliphatic carbocycles. The number of aryl methyl sites for hydroxylation is 1. The summed E-state index contributed by atoms with van der Waals surface area (Å²) in [7, 11) is 4.20. The van der Waals surface area contributed by atoms with E-state index in [0.29, 0.717) is 5.92 Å². The van der Waals surface area contributed by atoms with Crippen LogP contribution in [0.3, 0.4) is 0 Å². The van der Waals surface area contributed by atoms with E-state index in [2.05, 4.69) is 19.0 Å². The van der Waals surface area contributed by atoms with E-state index in [9.17, 15) is 4.79 Å². The van der Waals surface area contributed by atoms with Crippen molar-refractivity contribution in [2.24, 2.45) is 11.7 Å². The third kappa shape index (κ3) is 4.29. The molecule has 4 nitrogen and oxygen atoms in total. The zero-order chi connectivity index (χ0) is 15.4. The molecule has 1 fully saturated rings. The third-order valence-electron chi connectivity index (χ3n) is 4.25. The number of hydrogen-bond acceptors (Lipinski definition) is 3. The minimum Gasteiger partial charge on any atom is -0.341 e. The fourth-order valence-corrected chi connectivity index (χ4v) is 2.97. The van der Waals surface area contributed by atoms with E-state index in [1.807, 2.05) is 36.1 Å². The van der Waals surface area contributed by atoms with Gasteiger partial charge in [0.05, 0.1) is 0 Å². The summed E-state index contributed by atoms with van der Waals surface area (Å²) in [6.07, 6.45) is 2.15. The molecule has 21 heavy (non-hydrogen) atoms. The SMILES string of the molecule is Cc1ccc(C(N)C(=O)N2CCC(CN(C)C)CC2)cc1. The lowest BCUT2D eigenvalue weighted by Gasteiger charge is -2.34. The van der Waals surface area contributed by atoms with Gasteiger partial charge in [0.1, 0.15) is 6.04 Å². The van der Waals surface area contributed by atoms with Crippen LogP contribution in [0.1, 0.15) is 30.0 Å². The number of amides is 1. The Bertz CT molecular complexity index is 461. The summed E-state index contributed by atoms with van der Waals surface area (Å²) in [4.78, 5) is 16.7. The molecule has 0 spiro atoms. The van der Waals surface area contributed by atoms with Crippen molar-refractivity contribution in [3.63, 3.8) is 0 Å². The van der Waals surface area contributed by atoms with Crippen molar-refractivity contribution in [2.75, 3.05) is 33.7 Å². The molecule has 2 rings (SSSR count). The van der Waals surface area contributed by atoms with Crippen molar-refractivity contribution in [3.05, 3.63) is 35.4 Å². The van der Waals surface area contributed by atoms with E-state index >= 15 is 0 Å². The van der Waals surface area contributed by atoms with Crippen LogP contribution in [0.25, 0.3) is 0 Å². The zero-order valence-corrected chi connectivity index (χ0v) is 13.4. The Morgan fingerprint density at radius 1 is 1.29 bits per heavy atom. The van der Waals surface area contributed by atoms with E-state index in [1.54, 1.807) is 0 Å². The molecule has 0 radical (unpaired) electrons. The number of benzene rings is 1. The fraction of sp³-hybridized carbons (Fsp3) is 0.588. The molecule has 1 aromatic carbocycles. The molecule has 1 aromatic rings. The molecule has 2 N–H and O–H groups in total. The lowest BCUT2D eigenvalue weighted by Crippen LogP contribution is -2.44. The Labute approximate surface area is 127 Å². The van der Waals surface area contributed by atoms with Crippen molar-refractivity contribution in [1.29, 1.82) is 0 Å². The Balaban J connectivity index is 1.90. The Kier molecular flexibility index (Phi) is 5.37. The predicted molar refractivity (Wildman–Crippen MR) is 86.0 cm³/mol. The van der Waals surface area contributed by atoms with Crippen LogP contribution in [0.4, 0.5) is 0 Å².